The van der Waals surface area contributed by atoms with Crippen LogP contribution in [0.25, 0.3) is 11.1 Å². The van der Waals surface area contributed by atoms with Crippen LogP contribution in [0.15, 0.2) is 55.0 Å². The minimum absolute atomic E-state index is 0.0686. The summed E-state index contributed by atoms with van der Waals surface area (Å²) < 4.78 is 39.3. The molecular weight excluding hydrogens is 527 g/mol. The van der Waals surface area contributed by atoms with Gasteiger partial charge in [0.05, 0.1) is 13.2 Å². The Kier molecular flexibility index (Phi) is 9.41. The van der Waals surface area contributed by atoms with Crippen LogP contribution in [0.3, 0.4) is 0 Å². The molecule has 2 fully saturated rings. The van der Waals surface area contributed by atoms with Gasteiger partial charge in [0.2, 0.25) is 5.95 Å². The van der Waals surface area contributed by atoms with Crippen molar-refractivity contribution in [1.82, 2.24) is 19.4 Å². The van der Waals surface area contributed by atoms with Gasteiger partial charge in [0.25, 0.3) is 5.91 Å². The van der Waals surface area contributed by atoms with Crippen LogP contribution in [0.2, 0.25) is 0 Å². The van der Waals surface area contributed by atoms with Crippen molar-refractivity contribution in [3.63, 3.8) is 0 Å². The van der Waals surface area contributed by atoms with E-state index in [1.807, 2.05) is 48.5 Å². The summed E-state index contributed by atoms with van der Waals surface area (Å²) in [6, 6.07) is 12.2. The number of amides is 1. The summed E-state index contributed by atoms with van der Waals surface area (Å²) >= 11 is 0. The second-order valence-corrected chi connectivity index (χ2v) is 9.69. The van der Waals surface area contributed by atoms with Crippen molar-refractivity contribution in [2.75, 3.05) is 37.7 Å². The third kappa shape index (κ3) is 7.81. The van der Waals surface area contributed by atoms with Gasteiger partial charge in [-0.25, -0.2) is 14.8 Å². The number of halogens is 3. The molecule has 2 aliphatic rings. The molecule has 1 aliphatic carbocycles. The smallest absolute Gasteiger partial charge is 0.475 e. The number of carboxylic acids is 1. The van der Waals surface area contributed by atoms with E-state index < -0.39 is 12.1 Å². The van der Waals surface area contributed by atoms with Gasteiger partial charge in [0.15, 0.2) is 0 Å². The molecule has 1 aliphatic heterocycles. The fourth-order valence-electron chi connectivity index (χ4n) is 4.27. The van der Waals surface area contributed by atoms with Crippen molar-refractivity contribution >= 4 is 17.8 Å². The fourth-order valence-corrected chi connectivity index (χ4v) is 4.27. The number of carbonyl (C=O) groups excluding carboxylic acids is 1. The van der Waals surface area contributed by atoms with Crippen LogP contribution in [-0.4, -0.2) is 75.4 Å². The summed E-state index contributed by atoms with van der Waals surface area (Å²) in [6.07, 6.45) is 3.21. The normalized spacial score (nSPS) is 15.2. The lowest BCUT2D eigenvalue weighted by molar-refractivity contribution is -0.192. The number of ether oxygens (including phenoxy) is 1. The molecule has 3 aromatic rings. The zero-order chi connectivity index (χ0) is 28.7. The number of aliphatic carboxylic acids is 1. The van der Waals surface area contributed by atoms with E-state index in [-0.39, 0.29) is 5.91 Å². The van der Waals surface area contributed by atoms with Gasteiger partial charge in [-0.2, -0.15) is 13.2 Å². The lowest BCUT2D eigenvalue weighted by atomic mass is 10.1. The number of carbonyl (C=O) groups is 2. The number of hydrogen-bond donors (Lipinski definition) is 1. The number of nitrogens with zero attached hydrogens (tertiary/aromatic N) is 5. The number of rotatable bonds is 8. The van der Waals surface area contributed by atoms with Gasteiger partial charge in [0.1, 0.15) is 5.69 Å². The molecule has 2 aromatic heterocycles. The van der Waals surface area contributed by atoms with E-state index in [9.17, 15) is 18.0 Å². The molecule has 1 aromatic carbocycles. The number of morpholine rings is 1. The quantitative estimate of drug-likeness (QED) is 0.434. The lowest BCUT2D eigenvalue weighted by Crippen LogP contribution is -2.37. The van der Waals surface area contributed by atoms with Crippen molar-refractivity contribution < 1.29 is 32.6 Å². The molecule has 5 rings (SSSR count). The van der Waals surface area contributed by atoms with Gasteiger partial charge in [-0.3, -0.25) is 4.79 Å². The number of benzene rings is 1. The van der Waals surface area contributed by atoms with Crippen molar-refractivity contribution in [3.05, 3.63) is 66.2 Å². The van der Waals surface area contributed by atoms with Crippen LogP contribution in [0.5, 0.6) is 0 Å². The predicted molar refractivity (Wildman–Crippen MR) is 142 cm³/mol. The van der Waals surface area contributed by atoms with Crippen molar-refractivity contribution in [2.24, 2.45) is 5.92 Å². The van der Waals surface area contributed by atoms with E-state index >= 15 is 0 Å². The second-order valence-electron chi connectivity index (χ2n) is 9.69. The molecular formula is C28H32F3N5O4. The minimum atomic E-state index is -5.08. The number of carboxylic acid groups (broad SMARTS) is 1. The van der Waals surface area contributed by atoms with Crippen LogP contribution in [0, 0.1) is 5.92 Å². The Labute approximate surface area is 230 Å². The van der Waals surface area contributed by atoms with Crippen LogP contribution < -0.4 is 4.90 Å². The maximum atomic E-state index is 13.6. The van der Waals surface area contributed by atoms with E-state index in [1.54, 1.807) is 0 Å². The number of hydrogen-bond acceptors (Lipinski definition) is 6. The van der Waals surface area contributed by atoms with E-state index in [0.29, 0.717) is 32.2 Å². The molecule has 9 nitrogen and oxygen atoms in total. The van der Waals surface area contributed by atoms with Gasteiger partial charge in [-0.1, -0.05) is 30.3 Å². The first-order chi connectivity index (χ1) is 19.2. The summed E-state index contributed by atoms with van der Waals surface area (Å²) in [5.41, 5.74) is 3.80. The molecule has 40 heavy (non-hydrogen) atoms. The van der Waals surface area contributed by atoms with Gasteiger partial charge in [0, 0.05) is 62.4 Å². The molecule has 214 valence electrons. The van der Waals surface area contributed by atoms with Crippen LogP contribution in [-0.2, 0) is 22.6 Å². The Balaban J connectivity index is 0.000000470. The average Bonchev–Trinajstić information content (AvgIpc) is 3.68. The van der Waals surface area contributed by atoms with Gasteiger partial charge >= 0.3 is 12.1 Å². The summed E-state index contributed by atoms with van der Waals surface area (Å²) in [5.74, 6) is -1.29. The van der Waals surface area contributed by atoms with Crippen molar-refractivity contribution in [3.8, 4) is 11.1 Å². The minimum Gasteiger partial charge on any atom is -0.475 e. The molecule has 0 spiro atoms. The molecule has 0 radical (unpaired) electrons. The molecule has 0 atom stereocenters. The summed E-state index contributed by atoms with van der Waals surface area (Å²) in [5, 5.41) is 7.12. The summed E-state index contributed by atoms with van der Waals surface area (Å²) in [7, 11) is 0. The first kappa shape index (κ1) is 29.1. The summed E-state index contributed by atoms with van der Waals surface area (Å²) in [4.78, 5) is 35.7. The highest BCUT2D eigenvalue weighted by atomic mass is 19.4. The Morgan fingerprint density at radius 3 is 2.25 bits per heavy atom. The first-order valence-corrected chi connectivity index (χ1v) is 13.1. The average molecular weight is 560 g/mol. The first-order valence-electron chi connectivity index (χ1n) is 13.1. The highest BCUT2D eigenvalue weighted by molar-refractivity contribution is 5.94. The molecule has 3 heterocycles. The molecule has 12 heteroatoms. The monoisotopic (exact) mass is 559 g/mol. The van der Waals surface area contributed by atoms with Crippen molar-refractivity contribution in [1.29, 1.82) is 0 Å². The topological polar surface area (TPSA) is 101 Å². The highest BCUT2D eigenvalue weighted by Crippen LogP contribution is 2.33. The Morgan fingerprint density at radius 1 is 1.07 bits per heavy atom. The molecule has 1 N–H and O–H groups in total. The molecule has 0 bridgehead atoms. The van der Waals surface area contributed by atoms with Crippen LogP contribution in [0.1, 0.15) is 35.8 Å². The van der Waals surface area contributed by atoms with E-state index in [4.69, 9.17) is 14.6 Å². The van der Waals surface area contributed by atoms with E-state index in [1.165, 1.54) is 12.8 Å². The van der Waals surface area contributed by atoms with Crippen LogP contribution in [0.4, 0.5) is 19.1 Å². The van der Waals surface area contributed by atoms with E-state index in [2.05, 4.69) is 37.8 Å². The number of anilines is 1. The number of aromatic nitrogens is 3. The second kappa shape index (κ2) is 12.9. The third-order valence-corrected chi connectivity index (χ3v) is 6.66. The van der Waals surface area contributed by atoms with Gasteiger partial charge in [-0.15, -0.1) is 0 Å². The van der Waals surface area contributed by atoms with Crippen LogP contribution >= 0.6 is 0 Å². The predicted octanol–water partition coefficient (Wildman–Crippen LogP) is 4.49. The lowest BCUT2D eigenvalue weighted by Gasteiger charge is -2.26. The van der Waals surface area contributed by atoms with E-state index in [0.717, 1.165) is 48.0 Å². The molecule has 1 amide bonds. The maximum Gasteiger partial charge on any atom is 0.490 e. The zero-order valence-electron chi connectivity index (χ0n) is 22.2. The summed E-state index contributed by atoms with van der Waals surface area (Å²) in [6.45, 7) is 7.22. The maximum absolute atomic E-state index is 13.6. The zero-order valence-corrected chi connectivity index (χ0v) is 22.2. The fraction of sp³-hybridized carbons (Fsp3) is 0.429. The highest BCUT2D eigenvalue weighted by Gasteiger charge is 2.38. The number of alkyl halides is 3. The van der Waals surface area contributed by atoms with Crippen molar-refractivity contribution in [2.45, 2.75) is 39.0 Å². The Morgan fingerprint density at radius 2 is 1.70 bits per heavy atom. The van der Waals surface area contributed by atoms with Gasteiger partial charge < -0.3 is 24.2 Å². The largest absolute Gasteiger partial charge is 0.490 e. The third-order valence-electron chi connectivity index (χ3n) is 6.66. The standard InChI is InChI=1S/C26H31N5O2.C2HF3O2/c1-2-29(17-20-6-4-3-5-7-20)25(32)24-14-22(19-31(24)18-21-8-9-21)23-15-27-26(28-16-23)30-10-12-33-13-11-30;3-2(4,5)1(6)7/h3-7,14-16,19,21H,2,8-13,17-18H2,1H3;(H,6,7). The molecule has 1 saturated carbocycles. The Hall–Kier alpha value is -3.93. The van der Waals surface area contributed by atoms with Gasteiger partial charge in [-0.05, 0) is 37.3 Å². The molecule has 1 saturated heterocycles. The Bertz CT molecular complexity index is 1270. The SMILES string of the molecule is CCN(Cc1ccccc1)C(=O)c1cc(-c2cnc(N3CCOCC3)nc2)cn1CC1CC1.O=C(O)C(F)(F)F. The molecule has 0 unspecified atom stereocenters.